The topological polar surface area (TPSA) is 42.3 Å². The molecule has 20 heavy (non-hydrogen) atoms. The summed E-state index contributed by atoms with van der Waals surface area (Å²) in [4.78, 5) is 4.87. The van der Waals surface area contributed by atoms with Crippen LogP contribution < -0.4 is 5.32 Å². The molecule has 1 saturated heterocycles. The third kappa shape index (κ3) is 3.16. The molecule has 0 radical (unpaired) electrons. The first-order valence-electron chi connectivity index (χ1n) is 8.21. The second kappa shape index (κ2) is 5.63. The summed E-state index contributed by atoms with van der Waals surface area (Å²) in [5.74, 6) is 0.597. The Bertz CT molecular complexity index is 372. The SMILES string of the molecule is CN(C)C1CCN(CC(C#N)(NC2CC2)C2CC2)CC1. The van der Waals surface area contributed by atoms with Crippen molar-refractivity contribution < 1.29 is 0 Å². The highest BCUT2D eigenvalue weighted by Gasteiger charge is 2.49. The molecule has 1 heterocycles. The zero-order chi connectivity index (χ0) is 14.2. The molecule has 1 atom stereocenters. The molecule has 3 rings (SSSR count). The van der Waals surface area contributed by atoms with Crippen molar-refractivity contribution >= 4 is 0 Å². The first-order chi connectivity index (χ1) is 9.63. The van der Waals surface area contributed by atoms with Crippen molar-refractivity contribution in [2.24, 2.45) is 5.92 Å². The molecule has 2 saturated carbocycles. The van der Waals surface area contributed by atoms with Gasteiger partial charge in [0.2, 0.25) is 0 Å². The monoisotopic (exact) mass is 276 g/mol. The summed E-state index contributed by atoms with van der Waals surface area (Å²) < 4.78 is 0. The fourth-order valence-corrected chi connectivity index (χ4v) is 3.57. The summed E-state index contributed by atoms with van der Waals surface area (Å²) in [6.45, 7) is 3.22. The van der Waals surface area contributed by atoms with Gasteiger partial charge in [0, 0.05) is 18.6 Å². The molecule has 0 aromatic carbocycles. The average Bonchev–Trinajstić information content (AvgIpc) is 3.31. The van der Waals surface area contributed by atoms with Crippen LogP contribution in [0.3, 0.4) is 0 Å². The van der Waals surface area contributed by atoms with Gasteiger partial charge < -0.3 is 9.80 Å². The lowest BCUT2D eigenvalue weighted by atomic mass is 9.92. The van der Waals surface area contributed by atoms with Gasteiger partial charge in [-0.3, -0.25) is 5.32 Å². The summed E-state index contributed by atoms with van der Waals surface area (Å²) in [6, 6.07) is 4.01. The van der Waals surface area contributed by atoms with Crippen LogP contribution in [0.4, 0.5) is 0 Å². The van der Waals surface area contributed by atoms with Gasteiger partial charge >= 0.3 is 0 Å². The van der Waals surface area contributed by atoms with Gasteiger partial charge in [-0.25, -0.2) is 0 Å². The summed E-state index contributed by atoms with van der Waals surface area (Å²) in [7, 11) is 4.36. The van der Waals surface area contributed by atoms with Crippen molar-refractivity contribution in [1.82, 2.24) is 15.1 Å². The smallest absolute Gasteiger partial charge is 0.122 e. The molecule has 112 valence electrons. The Hall–Kier alpha value is -0.630. The Labute approximate surface area is 123 Å². The number of rotatable bonds is 6. The Morgan fingerprint density at radius 1 is 1.15 bits per heavy atom. The van der Waals surface area contributed by atoms with E-state index in [4.69, 9.17) is 0 Å². The summed E-state index contributed by atoms with van der Waals surface area (Å²) in [5, 5.41) is 13.5. The molecular weight excluding hydrogens is 248 g/mol. The molecule has 1 aliphatic heterocycles. The lowest BCUT2D eigenvalue weighted by molar-refractivity contribution is 0.118. The first-order valence-corrected chi connectivity index (χ1v) is 8.21. The van der Waals surface area contributed by atoms with Crippen LogP contribution in [0.25, 0.3) is 0 Å². The molecular formula is C16H28N4. The van der Waals surface area contributed by atoms with E-state index >= 15 is 0 Å². The number of hydrogen-bond acceptors (Lipinski definition) is 4. The number of nitrogens with one attached hydrogen (secondary N) is 1. The van der Waals surface area contributed by atoms with Gasteiger partial charge in [0.25, 0.3) is 0 Å². The fraction of sp³-hybridized carbons (Fsp3) is 0.938. The largest absolute Gasteiger partial charge is 0.306 e. The van der Waals surface area contributed by atoms with E-state index < -0.39 is 0 Å². The van der Waals surface area contributed by atoms with Gasteiger partial charge in [0.05, 0.1) is 6.07 Å². The standard InChI is InChI=1S/C16H28N4/c1-19(2)15-7-9-20(10-8-15)12-16(11-17,13-3-4-13)18-14-5-6-14/h13-15,18H,3-10,12H2,1-2H3. The number of nitriles is 1. The van der Waals surface area contributed by atoms with Crippen LogP contribution in [0, 0.1) is 17.2 Å². The highest BCUT2D eigenvalue weighted by molar-refractivity contribution is 5.18. The van der Waals surface area contributed by atoms with E-state index in [9.17, 15) is 5.26 Å². The van der Waals surface area contributed by atoms with E-state index in [-0.39, 0.29) is 5.54 Å². The van der Waals surface area contributed by atoms with E-state index in [1.54, 1.807) is 0 Å². The number of hydrogen-bond donors (Lipinski definition) is 1. The predicted octanol–water partition coefficient (Wildman–Crippen LogP) is 1.44. The maximum Gasteiger partial charge on any atom is 0.122 e. The van der Waals surface area contributed by atoms with Crippen molar-refractivity contribution in [3.05, 3.63) is 0 Å². The van der Waals surface area contributed by atoms with Crippen molar-refractivity contribution in [1.29, 1.82) is 5.26 Å². The molecule has 3 fully saturated rings. The molecule has 0 bridgehead atoms. The highest BCUT2D eigenvalue weighted by Crippen LogP contribution is 2.42. The summed E-state index contributed by atoms with van der Waals surface area (Å²) in [5.41, 5.74) is -0.258. The zero-order valence-electron chi connectivity index (χ0n) is 12.9. The minimum atomic E-state index is -0.258. The Balaban J connectivity index is 1.58. The third-order valence-corrected chi connectivity index (χ3v) is 5.27. The molecule has 2 aliphatic carbocycles. The minimum absolute atomic E-state index is 0.258. The maximum absolute atomic E-state index is 9.79. The van der Waals surface area contributed by atoms with Gasteiger partial charge in [-0.05, 0) is 71.6 Å². The number of likely N-dealkylation sites (tertiary alicyclic amines) is 1. The highest BCUT2D eigenvalue weighted by atomic mass is 15.2. The number of piperidine rings is 1. The molecule has 0 aromatic heterocycles. The Morgan fingerprint density at radius 2 is 1.80 bits per heavy atom. The van der Waals surface area contributed by atoms with E-state index in [2.05, 4.69) is 35.3 Å². The van der Waals surface area contributed by atoms with Crippen LogP contribution in [-0.2, 0) is 0 Å². The zero-order valence-corrected chi connectivity index (χ0v) is 12.9. The van der Waals surface area contributed by atoms with E-state index in [0.29, 0.717) is 12.0 Å². The lowest BCUT2D eigenvalue weighted by Crippen LogP contribution is -2.57. The van der Waals surface area contributed by atoms with Crippen LogP contribution in [0.1, 0.15) is 38.5 Å². The molecule has 0 aromatic rings. The summed E-state index contributed by atoms with van der Waals surface area (Å²) in [6.07, 6.45) is 7.48. The van der Waals surface area contributed by atoms with Crippen LogP contribution in [0.5, 0.6) is 0 Å². The fourth-order valence-electron chi connectivity index (χ4n) is 3.57. The molecule has 1 unspecified atom stereocenters. The second-order valence-corrected chi connectivity index (χ2v) is 7.25. The Kier molecular flexibility index (Phi) is 4.03. The lowest BCUT2D eigenvalue weighted by Gasteiger charge is -2.39. The van der Waals surface area contributed by atoms with Crippen LogP contribution in [0.15, 0.2) is 0 Å². The van der Waals surface area contributed by atoms with E-state index in [0.717, 1.165) is 25.7 Å². The van der Waals surface area contributed by atoms with Crippen molar-refractivity contribution in [2.75, 3.05) is 33.7 Å². The molecule has 3 aliphatic rings. The molecule has 1 N–H and O–H groups in total. The van der Waals surface area contributed by atoms with Gasteiger partial charge in [-0.1, -0.05) is 0 Å². The normalized spacial score (nSPS) is 28.3. The molecule has 4 heteroatoms. The summed E-state index contributed by atoms with van der Waals surface area (Å²) >= 11 is 0. The third-order valence-electron chi connectivity index (χ3n) is 5.27. The van der Waals surface area contributed by atoms with Crippen molar-refractivity contribution in [2.45, 2.75) is 56.1 Å². The molecule has 0 amide bonds. The first kappa shape index (κ1) is 14.3. The number of nitrogens with zero attached hydrogens (tertiary/aromatic N) is 3. The van der Waals surface area contributed by atoms with Gasteiger partial charge in [-0.2, -0.15) is 5.26 Å². The minimum Gasteiger partial charge on any atom is -0.306 e. The van der Waals surface area contributed by atoms with Crippen molar-refractivity contribution in [3.63, 3.8) is 0 Å². The van der Waals surface area contributed by atoms with Gasteiger partial charge in [0.15, 0.2) is 0 Å². The van der Waals surface area contributed by atoms with Gasteiger partial charge in [0.1, 0.15) is 5.54 Å². The van der Waals surface area contributed by atoms with Crippen LogP contribution >= 0.6 is 0 Å². The van der Waals surface area contributed by atoms with E-state index in [1.165, 1.54) is 38.5 Å². The molecule has 0 spiro atoms. The maximum atomic E-state index is 9.79. The van der Waals surface area contributed by atoms with Gasteiger partial charge in [-0.15, -0.1) is 0 Å². The van der Waals surface area contributed by atoms with E-state index in [1.807, 2.05) is 0 Å². The quantitative estimate of drug-likeness (QED) is 0.797. The predicted molar refractivity (Wildman–Crippen MR) is 80.4 cm³/mol. The van der Waals surface area contributed by atoms with Crippen LogP contribution in [0.2, 0.25) is 0 Å². The average molecular weight is 276 g/mol. The Morgan fingerprint density at radius 3 is 2.25 bits per heavy atom. The molecule has 4 nitrogen and oxygen atoms in total. The van der Waals surface area contributed by atoms with Crippen molar-refractivity contribution in [3.8, 4) is 6.07 Å². The van der Waals surface area contributed by atoms with Crippen LogP contribution in [-0.4, -0.2) is 61.2 Å². The second-order valence-electron chi connectivity index (χ2n) is 7.25.